The van der Waals surface area contributed by atoms with Gasteiger partial charge in [-0.1, -0.05) is 78.9 Å². The van der Waals surface area contributed by atoms with Crippen molar-refractivity contribution in [3.8, 4) is 0 Å². The van der Waals surface area contributed by atoms with Gasteiger partial charge in [-0.05, 0) is 48.4 Å². The highest BCUT2D eigenvalue weighted by Crippen LogP contribution is 2.43. The van der Waals surface area contributed by atoms with Crippen molar-refractivity contribution in [2.75, 3.05) is 18.9 Å². The fourth-order valence-corrected chi connectivity index (χ4v) is 6.50. The molecule has 3 aromatic rings. The molecule has 3 unspecified atom stereocenters. The van der Waals surface area contributed by atoms with Crippen molar-refractivity contribution >= 4 is 25.2 Å². The summed E-state index contributed by atoms with van der Waals surface area (Å²) >= 11 is 0. The van der Waals surface area contributed by atoms with Crippen LogP contribution in [0.2, 0.25) is 0 Å². The Labute approximate surface area is 228 Å². The highest BCUT2D eigenvalue weighted by atomic mass is 31.2. The van der Waals surface area contributed by atoms with Crippen LogP contribution in [0, 0.1) is 5.92 Å². The van der Waals surface area contributed by atoms with Crippen molar-refractivity contribution in [1.82, 2.24) is 10.2 Å². The van der Waals surface area contributed by atoms with E-state index in [4.69, 9.17) is 0 Å². The molecule has 0 aromatic heterocycles. The third-order valence-corrected chi connectivity index (χ3v) is 8.77. The number of amides is 2. The van der Waals surface area contributed by atoms with E-state index in [1.807, 2.05) is 66.7 Å². The number of nitrogens with one attached hydrogen (secondary N) is 1. The number of hydrogen-bond acceptors (Lipinski definition) is 4. The van der Waals surface area contributed by atoms with Crippen LogP contribution in [-0.2, 0) is 20.6 Å². The monoisotopic (exact) mass is 548 g/mol. The number of benzene rings is 3. The molecule has 0 saturated carbocycles. The van der Waals surface area contributed by atoms with E-state index in [2.05, 4.69) is 5.32 Å². The van der Waals surface area contributed by atoms with Gasteiger partial charge in [-0.25, -0.2) is 4.79 Å². The van der Waals surface area contributed by atoms with Gasteiger partial charge in [0.1, 0.15) is 12.2 Å². The molecule has 0 aliphatic carbocycles. The first-order valence-electron chi connectivity index (χ1n) is 13.0. The number of nitrogens with zero attached hydrogens (tertiary/aromatic N) is 1. The second-order valence-electron chi connectivity index (χ2n) is 10.0. The molecule has 204 valence electrons. The maximum atomic E-state index is 13.2. The van der Waals surface area contributed by atoms with Gasteiger partial charge in [0.25, 0.3) is 5.91 Å². The van der Waals surface area contributed by atoms with Gasteiger partial charge in [0, 0.05) is 18.3 Å². The predicted molar refractivity (Wildman–Crippen MR) is 149 cm³/mol. The lowest BCUT2D eigenvalue weighted by Crippen LogP contribution is -2.42. The summed E-state index contributed by atoms with van der Waals surface area (Å²) in [5, 5.41) is 12.7. The number of rotatable bonds is 11. The lowest BCUT2D eigenvalue weighted by Gasteiger charge is -2.24. The Kier molecular flexibility index (Phi) is 9.33. The summed E-state index contributed by atoms with van der Waals surface area (Å²) in [5.41, 5.74) is 2.31. The van der Waals surface area contributed by atoms with E-state index in [1.165, 1.54) is 4.90 Å². The Morgan fingerprint density at radius 2 is 1.51 bits per heavy atom. The lowest BCUT2D eigenvalue weighted by atomic mass is 9.97. The van der Waals surface area contributed by atoms with Gasteiger partial charge in [-0.15, -0.1) is 0 Å². The number of carbonyl (C=O) groups excluding carboxylic acids is 2. The smallest absolute Gasteiger partial charge is 0.326 e. The average Bonchev–Trinajstić information content (AvgIpc) is 3.37. The van der Waals surface area contributed by atoms with Gasteiger partial charge in [-0.2, -0.15) is 0 Å². The Balaban J connectivity index is 1.40. The third kappa shape index (κ3) is 7.88. The minimum absolute atomic E-state index is 0.0498. The Morgan fingerprint density at radius 3 is 2.13 bits per heavy atom. The first-order valence-corrected chi connectivity index (χ1v) is 15.0. The minimum Gasteiger partial charge on any atom is -0.480 e. The summed E-state index contributed by atoms with van der Waals surface area (Å²) in [6.07, 6.45) is 0.232. The number of likely N-dealkylation sites (tertiary alicyclic amines) is 1. The Morgan fingerprint density at radius 1 is 0.923 bits per heavy atom. The van der Waals surface area contributed by atoms with Crippen molar-refractivity contribution in [3.05, 3.63) is 108 Å². The number of carboxylic acid groups (broad SMARTS) is 1. The third-order valence-electron chi connectivity index (χ3n) is 7.05. The molecule has 9 heteroatoms. The summed E-state index contributed by atoms with van der Waals surface area (Å²) < 4.78 is 13.2. The molecule has 4 rings (SSSR count). The van der Waals surface area contributed by atoms with Crippen molar-refractivity contribution in [2.24, 2.45) is 5.92 Å². The van der Waals surface area contributed by atoms with Gasteiger partial charge >= 0.3 is 5.97 Å². The number of hydrogen-bond donors (Lipinski definition) is 3. The first kappa shape index (κ1) is 28.3. The van der Waals surface area contributed by atoms with Crippen LogP contribution in [-0.4, -0.2) is 57.6 Å². The van der Waals surface area contributed by atoms with Crippen LogP contribution in [0.3, 0.4) is 0 Å². The van der Waals surface area contributed by atoms with Crippen LogP contribution in [0.1, 0.15) is 40.4 Å². The summed E-state index contributed by atoms with van der Waals surface area (Å²) in [5.74, 6) is -2.10. The van der Waals surface area contributed by atoms with Crippen molar-refractivity contribution in [2.45, 2.75) is 31.3 Å². The number of aliphatic carboxylic acids is 1. The van der Waals surface area contributed by atoms with E-state index < -0.39 is 37.5 Å². The molecular formula is C30H33N2O6P. The van der Waals surface area contributed by atoms with Crippen LogP contribution < -0.4 is 5.32 Å². The normalized spacial score (nSPS) is 19.2. The maximum absolute atomic E-state index is 13.2. The molecular weight excluding hydrogens is 515 g/mol. The molecule has 3 N–H and O–H groups in total. The molecule has 8 nitrogen and oxygen atoms in total. The van der Waals surface area contributed by atoms with Gasteiger partial charge in [0.05, 0.1) is 6.04 Å². The fraction of sp³-hybridized carbons (Fsp3) is 0.300. The second-order valence-corrected chi connectivity index (χ2v) is 12.5. The molecule has 0 spiro atoms. The summed E-state index contributed by atoms with van der Waals surface area (Å²) in [6.45, 7) is 0.227. The van der Waals surface area contributed by atoms with Crippen molar-refractivity contribution in [3.63, 3.8) is 0 Å². The van der Waals surface area contributed by atoms with Crippen molar-refractivity contribution < 1.29 is 28.9 Å². The van der Waals surface area contributed by atoms with Crippen LogP contribution in [0.4, 0.5) is 0 Å². The largest absolute Gasteiger partial charge is 0.480 e. The zero-order valence-electron chi connectivity index (χ0n) is 21.6. The van der Waals surface area contributed by atoms with Crippen LogP contribution in [0.25, 0.3) is 0 Å². The van der Waals surface area contributed by atoms with E-state index >= 15 is 0 Å². The quantitative estimate of drug-likeness (QED) is 0.306. The van der Waals surface area contributed by atoms with Crippen molar-refractivity contribution in [1.29, 1.82) is 0 Å². The zero-order valence-corrected chi connectivity index (χ0v) is 22.5. The minimum atomic E-state index is -3.97. The van der Waals surface area contributed by atoms with E-state index in [1.54, 1.807) is 24.3 Å². The number of carboxylic acids is 1. The second kappa shape index (κ2) is 12.9. The Hall–Kier alpha value is -3.74. The Bertz CT molecular complexity index is 1320. The molecule has 1 aliphatic heterocycles. The molecule has 39 heavy (non-hydrogen) atoms. The lowest BCUT2D eigenvalue weighted by molar-refractivity contribution is -0.147. The zero-order chi connectivity index (χ0) is 27.8. The van der Waals surface area contributed by atoms with Crippen LogP contribution in [0.15, 0.2) is 91.0 Å². The van der Waals surface area contributed by atoms with E-state index in [0.717, 1.165) is 11.1 Å². The van der Waals surface area contributed by atoms with Gasteiger partial charge in [0.2, 0.25) is 13.3 Å². The predicted octanol–water partition coefficient (Wildman–Crippen LogP) is 4.36. The van der Waals surface area contributed by atoms with Crippen LogP contribution >= 0.6 is 7.37 Å². The highest BCUT2D eigenvalue weighted by molar-refractivity contribution is 7.58. The van der Waals surface area contributed by atoms with Gasteiger partial charge in [0.15, 0.2) is 0 Å². The molecule has 1 fully saturated rings. The van der Waals surface area contributed by atoms with E-state index in [0.29, 0.717) is 18.4 Å². The molecule has 1 aliphatic rings. The summed E-state index contributed by atoms with van der Waals surface area (Å²) in [7, 11) is -3.97. The topological polar surface area (TPSA) is 124 Å². The van der Waals surface area contributed by atoms with E-state index in [-0.39, 0.29) is 31.0 Å². The number of carbonyl (C=O) groups is 3. The average molecular weight is 549 g/mol. The van der Waals surface area contributed by atoms with Gasteiger partial charge < -0.3 is 20.2 Å². The van der Waals surface area contributed by atoms with Gasteiger partial charge in [-0.3, -0.25) is 14.2 Å². The molecule has 0 radical (unpaired) electrons. The standard InChI is InChI=1S/C30H33N2O6P/c33-28(32-20-23(19-27(32)30(35)36)18-22-10-4-1-5-11-22)21-39(37,38)17-16-26(24-12-6-2-7-13-24)31-29(34)25-14-8-3-9-15-25/h1-15,23,26-27H,16-21H2,(H,31,34)(H,35,36)(H,37,38)/t23?,26?,27-/m0/s1. The van der Waals surface area contributed by atoms with Crippen LogP contribution in [0.5, 0.6) is 0 Å². The molecule has 3 aromatic carbocycles. The van der Waals surface area contributed by atoms with E-state index in [9.17, 15) is 28.9 Å². The highest BCUT2D eigenvalue weighted by Gasteiger charge is 2.41. The first-order chi connectivity index (χ1) is 18.7. The molecule has 4 atom stereocenters. The molecule has 1 heterocycles. The maximum Gasteiger partial charge on any atom is 0.326 e. The molecule has 1 saturated heterocycles. The summed E-state index contributed by atoms with van der Waals surface area (Å²) in [4.78, 5) is 49.8. The molecule has 0 bridgehead atoms. The summed E-state index contributed by atoms with van der Waals surface area (Å²) in [6, 6.07) is 25.9. The molecule has 2 amide bonds. The fourth-order valence-electron chi connectivity index (χ4n) is 5.08. The SMILES string of the molecule is O=C(NC(CCP(=O)(O)CC(=O)N1CC(Cc2ccccc2)C[C@H]1C(=O)O)c1ccccc1)c1ccccc1.